The fourth-order valence-corrected chi connectivity index (χ4v) is 3.04. The number of ketones is 1. The van der Waals surface area contributed by atoms with Crippen molar-refractivity contribution in [3.8, 4) is 5.75 Å². The zero-order chi connectivity index (χ0) is 20.9. The summed E-state index contributed by atoms with van der Waals surface area (Å²) in [5, 5.41) is 3.84. The Labute approximate surface area is 167 Å². The normalized spacial score (nSPS) is 11.8. The minimum absolute atomic E-state index is 0.0287. The van der Waals surface area contributed by atoms with Crippen molar-refractivity contribution in [3.63, 3.8) is 0 Å². The predicted molar refractivity (Wildman–Crippen MR) is 112 cm³/mol. The Morgan fingerprint density at radius 1 is 1.21 bits per heavy atom. The number of aryl methyl sites for hydroxylation is 1. The molecule has 154 valence electrons. The number of Topliss-reactive ketones (excluding diaryl/α,β-unsaturated/α-hetero) is 1. The van der Waals surface area contributed by atoms with Crippen LogP contribution in [-0.2, 0) is 11.2 Å². The molecule has 0 spiro atoms. The maximum atomic E-state index is 12.9. The molecule has 5 heteroatoms. The van der Waals surface area contributed by atoms with Crippen molar-refractivity contribution in [2.24, 2.45) is 11.3 Å². The summed E-state index contributed by atoms with van der Waals surface area (Å²) in [4.78, 5) is 25.0. The van der Waals surface area contributed by atoms with Crippen LogP contribution in [0.3, 0.4) is 0 Å². The molecule has 1 heterocycles. The average molecular weight is 388 g/mol. The minimum Gasteiger partial charge on any atom is -0.497 e. The van der Waals surface area contributed by atoms with Crippen LogP contribution in [0.4, 0.5) is 0 Å². The van der Waals surface area contributed by atoms with Crippen LogP contribution in [0.1, 0.15) is 70.0 Å². The molecule has 0 atom stereocenters. The molecule has 0 aliphatic carbocycles. The molecule has 0 bridgehead atoms. The van der Waals surface area contributed by atoms with Gasteiger partial charge in [0, 0.05) is 29.3 Å². The number of rotatable bonds is 9. The Bertz CT molecular complexity index is 827. The van der Waals surface area contributed by atoms with Crippen molar-refractivity contribution in [2.75, 3.05) is 13.7 Å². The monoisotopic (exact) mass is 387 g/mol. The van der Waals surface area contributed by atoms with Crippen LogP contribution in [0, 0.1) is 11.3 Å². The van der Waals surface area contributed by atoms with Gasteiger partial charge < -0.3 is 14.5 Å². The lowest BCUT2D eigenvalue weighted by Gasteiger charge is -2.15. The molecule has 1 N–H and O–H groups in total. The average Bonchev–Trinajstić information content (AvgIpc) is 2.97. The summed E-state index contributed by atoms with van der Waals surface area (Å²) in [6.07, 6.45) is 2.67. The highest BCUT2D eigenvalue weighted by atomic mass is 16.5. The van der Waals surface area contributed by atoms with E-state index >= 15 is 0 Å². The molecule has 2 aromatic rings. The molecule has 0 unspecified atom stereocenters. The number of carbonyl (C=O) groups is 2. The Morgan fingerprint density at radius 2 is 1.93 bits per heavy atom. The number of benzene rings is 1. The second-order valence-corrected chi connectivity index (χ2v) is 8.74. The number of furan rings is 1. The molecule has 0 aliphatic heterocycles. The van der Waals surface area contributed by atoms with E-state index in [1.807, 2.05) is 39.0 Å². The van der Waals surface area contributed by atoms with Crippen LogP contribution >= 0.6 is 0 Å². The Morgan fingerprint density at radius 3 is 2.54 bits per heavy atom. The Hall–Kier alpha value is -2.30. The van der Waals surface area contributed by atoms with Gasteiger partial charge in [0.15, 0.2) is 5.76 Å². The van der Waals surface area contributed by atoms with Crippen molar-refractivity contribution in [1.82, 2.24) is 5.32 Å². The first-order valence-corrected chi connectivity index (χ1v) is 10.0. The number of methoxy groups -OCH3 is 1. The standard InChI is InChI=1S/C23H33NO4/c1-15(2)12-13-24-20(25)9-7-8-17-18-14-16(27-6)10-11-19(18)28-21(17)22(26)23(3,4)5/h10-11,14-15H,7-9,12-13H2,1-6H3,(H,24,25). The largest absolute Gasteiger partial charge is 0.497 e. The number of ether oxygens (including phenoxy) is 1. The van der Waals surface area contributed by atoms with Crippen LogP contribution in [0.15, 0.2) is 22.6 Å². The smallest absolute Gasteiger partial charge is 0.220 e. The number of nitrogens with one attached hydrogen (secondary N) is 1. The molecule has 5 nitrogen and oxygen atoms in total. The van der Waals surface area contributed by atoms with Gasteiger partial charge in [0.05, 0.1) is 7.11 Å². The van der Waals surface area contributed by atoms with E-state index in [0.29, 0.717) is 43.1 Å². The zero-order valence-corrected chi connectivity index (χ0v) is 18.0. The van der Waals surface area contributed by atoms with Gasteiger partial charge in [-0.1, -0.05) is 34.6 Å². The van der Waals surface area contributed by atoms with Gasteiger partial charge in [0.25, 0.3) is 0 Å². The quantitative estimate of drug-likeness (QED) is 0.604. The van der Waals surface area contributed by atoms with Gasteiger partial charge >= 0.3 is 0 Å². The highest BCUT2D eigenvalue weighted by molar-refractivity contribution is 6.03. The fraction of sp³-hybridized carbons (Fsp3) is 0.565. The Kier molecular flexibility index (Phi) is 7.28. The fourth-order valence-electron chi connectivity index (χ4n) is 3.04. The topological polar surface area (TPSA) is 68.5 Å². The van der Waals surface area contributed by atoms with E-state index in [1.54, 1.807) is 7.11 Å². The second kappa shape index (κ2) is 9.26. The first kappa shape index (κ1) is 22.0. The van der Waals surface area contributed by atoms with Crippen molar-refractivity contribution < 1.29 is 18.7 Å². The maximum Gasteiger partial charge on any atom is 0.220 e. The van der Waals surface area contributed by atoms with Crippen LogP contribution < -0.4 is 10.1 Å². The molecule has 0 fully saturated rings. The lowest BCUT2D eigenvalue weighted by molar-refractivity contribution is -0.121. The molecule has 0 saturated heterocycles. The molecular weight excluding hydrogens is 354 g/mol. The first-order valence-electron chi connectivity index (χ1n) is 10.0. The van der Waals surface area contributed by atoms with E-state index in [2.05, 4.69) is 19.2 Å². The highest BCUT2D eigenvalue weighted by Crippen LogP contribution is 2.34. The number of hydrogen-bond donors (Lipinski definition) is 1. The summed E-state index contributed by atoms with van der Waals surface area (Å²) in [6.45, 7) is 10.6. The maximum absolute atomic E-state index is 12.9. The summed E-state index contributed by atoms with van der Waals surface area (Å²) in [6, 6.07) is 5.55. The van der Waals surface area contributed by atoms with Crippen LogP contribution in [0.5, 0.6) is 5.75 Å². The van der Waals surface area contributed by atoms with E-state index in [-0.39, 0.29) is 11.7 Å². The molecule has 1 amide bonds. The third-order valence-electron chi connectivity index (χ3n) is 4.76. The third kappa shape index (κ3) is 5.60. The summed E-state index contributed by atoms with van der Waals surface area (Å²) in [7, 11) is 1.61. The lowest BCUT2D eigenvalue weighted by Crippen LogP contribution is -2.25. The van der Waals surface area contributed by atoms with E-state index in [4.69, 9.17) is 9.15 Å². The number of amides is 1. The zero-order valence-electron chi connectivity index (χ0n) is 18.0. The lowest BCUT2D eigenvalue weighted by atomic mass is 9.87. The summed E-state index contributed by atoms with van der Waals surface area (Å²) in [5.74, 6) is 1.71. The first-order chi connectivity index (χ1) is 13.1. The van der Waals surface area contributed by atoms with Crippen molar-refractivity contribution in [3.05, 3.63) is 29.5 Å². The van der Waals surface area contributed by atoms with Crippen LogP contribution in [-0.4, -0.2) is 25.3 Å². The summed E-state index contributed by atoms with van der Waals surface area (Å²) in [5.41, 5.74) is 0.995. The number of carbonyl (C=O) groups excluding carboxylic acids is 2. The summed E-state index contributed by atoms with van der Waals surface area (Å²) < 4.78 is 11.3. The van der Waals surface area contributed by atoms with Crippen molar-refractivity contribution in [1.29, 1.82) is 0 Å². The minimum atomic E-state index is -0.541. The second-order valence-electron chi connectivity index (χ2n) is 8.74. The predicted octanol–water partition coefficient (Wildman–Crippen LogP) is 5.16. The molecule has 0 aliphatic rings. The Balaban J connectivity index is 2.18. The van der Waals surface area contributed by atoms with Gasteiger partial charge in [-0.25, -0.2) is 0 Å². The number of hydrogen-bond acceptors (Lipinski definition) is 4. The summed E-state index contributed by atoms with van der Waals surface area (Å²) >= 11 is 0. The van der Waals surface area contributed by atoms with Gasteiger partial charge in [0.1, 0.15) is 11.3 Å². The van der Waals surface area contributed by atoms with E-state index < -0.39 is 5.41 Å². The molecule has 0 saturated carbocycles. The van der Waals surface area contributed by atoms with Gasteiger partial charge in [0.2, 0.25) is 11.7 Å². The third-order valence-corrected chi connectivity index (χ3v) is 4.76. The molecule has 1 aromatic carbocycles. The SMILES string of the molecule is COc1ccc2oc(C(=O)C(C)(C)C)c(CCCC(=O)NCCC(C)C)c2c1. The van der Waals surface area contributed by atoms with Gasteiger partial charge in [-0.05, 0) is 43.4 Å². The van der Waals surface area contributed by atoms with Gasteiger partial charge in [-0.15, -0.1) is 0 Å². The van der Waals surface area contributed by atoms with Crippen LogP contribution in [0.2, 0.25) is 0 Å². The number of fused-ring (bicyclic) bond motifs is 1. The molecule has 0 radical (unpaired) electrons. The molecular formula is C23H33NO4. The van der Waals surface area contributed by atoms with E-state index in [9.17, 15) is 9.59 Å². The molecule has 28 heavy (non-hydrogen) atoms. The van der Waals surface area contributed by atoms with E-state index in [1.165, 1.54) is 0 Å². The van der Waals surface area contributed by atoms with Crippen molar-refractivity contribution in [2.45, 2.75) is 60.3 Å². The molecule has 1 aromatic heterocycles. The van der Waals surface area contributed by atoms with Gasteiger partial charge in [-0.3, -0.25) is 9.59 Å². The highest BCUT2D eigenvalue weighted by Gasteiger charge is 2.30. The van der Waals surface area contributed by atoms with E-state index in [0.717, 1.165) is 23.1 Å². The van der Waals surface area contributed by atoms with Crippen LogP contribution in [0.25, 0.3) is 11.0 Å². The van der Waals surface area contributed by atoms with Crippen molar-refractivity contribution >= 4 is 22.7 Å². The van der Waals surface area contributed by atoms with Gasteiger partial charge in [-0.2, -0.15) is 0 Å². The molecule has 2 rings (SSSR count).